The van der Waals surface area contributed by atoms with Gasteiger partial charge in [-0.3, -0.25) is 0 Å². The summed E-state index contributed by atoms with van der Waals surface area (Å²) in [6, 6.07) is 8.75. The van der Waals surface area contributed by atoms with Gasteiger partial charge < -0.3 is 10.2 Å². The number of hydrogen-bond donors (Lipinski definition) is 1. The third kappa shape index (κ3) is 3.60. The largest absolute Gasteiger partial charge is 0.352 e. The van der Waals surface area contributed by atoms with Crippen LogP contribution in [0, 0.1) is 0 Å². The number of anilines is 1. The highest BCUT2D eigenvalue weighted by Gasteiger charge is 2.22. The summed E-state index contributed by atoms with van der Waals surface area (Å²) in [5, 5.41) is 3.45. The molecule has 0 amide bonds. The number of benzene rings is 1. The quantitative estimate of drug-likeness (QED) is 0.856. The normalized spacial score (nSPS) is 16.3. The number of hydrogen-bond acceptors (Lipinski definition) is 4. The van der Waals surface area contributed by atoms with Gasteiger partial charge in [-0.25, -0.2) is 9.97 Å². The Labute approximate surface area is 149 Å². The molecule has 1 aromatic carbocycles. The Bertz CT molecular complexity index is 663. The molecule has 0 spiro atoms. The van der Waals surface area contributed by atoms with Crippen LogP contribution in [0.25, 0.3) is 0 Å². The van der Waals surface area contributed by atoms with E-state index >= 15 is 0 Å². The molecule has 0 radical (unpaired) electrons. The van der Waals surface area contributed by atoms with E-state index in [1.54, 1.807) is 6.33 Å². The van der Waals surface area contributed by atoms with Crippen molar-refractivity contribution in [2.45, 2.75) is 25.8 Å². The van der Waals surface area contributed by atoms with E-state index in [0.717, 1.165) is 51.3 Å². The Balaban J connectivity index is 0.000000960. The molecular formula is C17H22Cl2N4. The van der Waals surface area contributed by atoms with Crippen LogP contribution in [-0.2, 0) is 25.8 Å². The molecule has 0 bridgehead atoms. The molecule has 1 aromatic heterocycles. The number of nitrogens with zero attached hydrogens (tertiary/aromatic N) is 3. The highest BCUT2D eigenvalue weighted by Crippen LogP contribution is 2.27. The third-order valence-corrected chi connectivity index (χ3v) is 4.53. The maximum absolute atomic E-state index is 4.62. The second-order valence-electron chi connectivity index (χ2n) is 5.81. The molecule has 1 N–H and O–H groups in total. The van der Waals surface area contributed by atoms with Crippen molar-refractivity contribution in [2.75, 3.05) is 24.5 Å². The molecule has 0 aliphatic carbocycles. The molecule has 23 heavy (non-hydrogen) atoms. The van der Waals surface area contributed by atoms with Gasteiger partial charge in [0.25, 0.3) is 0 Å². The zero-order valence-electron chi connectivity index (χ0n) is 13.0. The zero-order chi connectivity index (χ0) is 14.1. The fraction of sp³-hybridized carbons (Fsp3) is 0.412. The zero-order valence-corrected chi connectivity index (χ0v) is 14.6. The lowest BCUT2D eigenvalue weighted by molar-refractivity contribution is 0.701. The van der Waals surface area contributed by atoms with Crippen LogP contribution >= 0.6 is 24.8 Å². The molecule has 3 heterocycles. The highest BCUT2D eigenvalue weighted by molar-refractivity contribution is 5.85. The summed E-state index contributed by atoms with van der Waals surface area (Å²) in [6.45, 7) is 4.06. The van der Waals surface area contributed by atoms with E-state index in [9.17, 15) is 0 Å². The van der Waals surface area contributed by atoms with Crippen molar-refractivity contribution in [2.24, 2.45) is 0 Å². The second kappa shape index (κ2) is 7.95. The van der Waals surface area contributed by atoms with E-state index in [1.165, 1.54) is 22.4 Å². The number of rotatable bonds is 1. The van der Waals surface area contributed by atoms with Crippen LogP contribution in [0.5, 0.6) is 0 Å². The number of nitrogens with one attached hydrogen (secondary N) is 1. The molecule has 2 aliphatic heterocycles. The molecule has 0 unspecified atom stereocenters. The van der Waals surface area contributed by atoms with Crippen LogP contribution in [0.1, 0.15) is 22.4 Å². The first kappa shape index (κ1) is 18.0. The van der Waals surface area contributed by atoms with Gasteiger partial charge in [-0.2, -0.15) is 0 Å². The van der Waals surface area contributed by atoms with Crippen molar-refractivity contribution in [3.8, 4) is 0 Å². The summed E-state index contributed by atoms with van der Waals surface area (Å²) in [6.07, 6.45) is 4.88. The van der Waals surface area contributed by atoms with Gasteiger partial charge in [0.2, 0.25) is 0 Å². The standard InChI is InChI=1S/C17H20N4.2ClH/c1-2-4-14-11-21(10-7-13(14)3-1)17-15-5-8-18-9-6-16(15)19-12-20-17;;/h1-4,12,18H,5-11H2;2*1H. The molecule has 0 fully saturated rings. The molecule has 0 atom stereocenters. The number of fused-ring (bicyclic) bond motifs is 2. The number of halogens is 2. The van der Waals surface area contributed by atoms with E-state index in [2.05, 4.69) is 44.5 Å². The van der Waals surface area contributed by atoms with Crippen LogP contribution in [0.4, 0.5) is 5.82 Å². The lowest BCUT2D eigenvalue weighted by atomic mass is 9.99. The minimum atomic E-state index is 0. The van der Waals surface area contributed by atoms with Crippen LogP contribution in [0.2, 0.25) is 0 Å². The average Bonchev–Trinajstić information content (AvgIpc) is 2.79. The first-order valence-corrected chi connectivity index (χ1v) is 7.77. The monoisotopic (exact) mass is 352 g/mol. The summed E-state index contributed by atoms with van der Waals surface area (Å²) in [5.41, 5.74) is 5.49. The molecule has 4 rings (SSSR count). The van der Waals surface area contributed by atoms with Crippen molar-refractivity contribution < 1.29 is 0 Å². The highest BCUT2D eigenvalue weighted by atomic mass is 35.5. The van der Waals surface area contributed by atoms with Crippen molar-refractivity contribution in [1.82, 2.24) is 15.3 Å². The minimum absolute atomic E-state index is 0. The van der Waals surface area contributed by atoms with Crippen molar-refractivity contribution in [3.63, 3.8) is 0 Å². The van der Waals surface area contributed by atoms with Gasteiger partial charge in [-0.05, 0) is 30.5 Å². The fourth-order valence-corrected chi connectivity index (χ4v) is 3.40. The van der Waals surface area contributed by atoms with Crippen molar-refractivity contribution in [1.29, 1.82) is 0 Å². The van der Waals surface area contributed by atoms with E-state index in [4.69, 9.17) is 0 Å². The Kier molecular flexibility index (Phi) is 6.22. The summed E-state index contributed by atoms with van der Waals surface area (Å²) in [7, 11) is 0. The van der Waals surface area contributed by atoms with Gasteiger partial charge in [0.15, 0.2) is 0 Å². The van der Waals surface area contributed by atoms with Gasteiger partial charge in [0.1, 0.15) is 12.1 Å². The van der Waals surface area contributed by atoms with Crippen molar-refractivity contribution in [3.05, 3.63) is 53.0 Å². The molecule has 124 valence electrons. The number of aromatic nitrogens is 2. The minimum Gasteiger partial charge on any atom is -0.352 e. The summed E-state index contributed by atoms with van der Waals surface area (Å²) < 4.78 is 0. The van der Waals surface area contributed by atoms with E-state index in [-0.39, 0.29) is 24.8 Å². The molecule has 2 aliphatic rings. The first-order valence-electron chi connectivity index (χ1n) is 7.77. The lowest BCUT2D eigenvalue weighted by Crippen LogP contribution is -2.32. The fourth-order valence-electron chi connectivity index (χ4n) is 3.40. The molecule has 6 heteroatoms. The van der Waals surface area contributed by atoms with Gasteiger partial charge >= 0.3 is 0 Å². The van der Waals surface area contributed by atoms with Crippen LogP contribution in [-0.4, -0.2) is 29.6 Å². The first-order chi connectivity index (χ1) is 10.4. The maximum Gasteiger partial charge on any atom is 0.135 e. The topological polar surface area (TPSA) is 41.1 Å². The molecule has 2 aromatic rings. The Morgan fingerprint density at radius 1 is 0.913 bits per heavy atom. The summed E-state index contributed by atoms with van der Waals surface area (Å²) in [5.74, 6) is 1.15. The molecule has 4 nitrogen and oxygen atoms in total. The molecular weight excluding hydrogens is 331 g/mol. The van der Waals surface area contributed by atoms with Gasteiger partial charge in [0, 0.05) is 31.6 Å². The smallest absolute Gasteiger partial charge is 0.135 e. The van der Waals surface area contributed by atoms with Crippen LogP contribution in [0.3, 0.4) is 0 Å². The van der Waals surface area contributed by atoms with E-state index < -0.39 is 0 Å². The van der Waals surface area contributed by atoms with Gasteiger partial charge in [-0.1, -0.05) is 24.3 Å². The Hall–Kier alpha value is -1.36. The molecule has 0 saturated carbocycles. The Morgan fingerprint density at radius 2 is 1.70 bits per heavy atom. The van der Waals surface area contributed by atoms with Crippen LogP contribution < -0.4 is 10.2 Å². The van der Waals surface area contributed by atoms with Crippen molar-refractivity contribution >= 4 is 30.6 Å². The Morgan fingerprint density at radius 3 is 2.57 bits per heavy atom. The lowest BCUT2D eigenvalue weighted by Gasteiger charge is -2.31. The summed E-state index contributed by atoms with van der Waals surface area (Å²) >= 11 is 0. The predicted octanol–water partition coefficient (Wildman–Crippen LogP) is 2.57. The van der Waals surface area contributed by atoms with E-state index in [0.29, 0.717) is 0 Å². The van der Waals surface area contributed by atoms with E-state index in [1.807, 2.05) is 0 Å². The maximum atomic E-state index is 4.62. The summed E-state index contributed by atoms with van der Waals surface area (Å²) in [4.78, 5) is 11.5. The van der Waals surface area contributed by atoms with Gasteiger partial charge in [0.05, 0.1) is 5.69 Å². The van der Waals surface area contributed by atoms with Gasteiger partial charge in [-0.15, -0.1) is 24.8 Å². The molecule has 0 saturated heterocycles. The predicted molar refractivity (Wildman–Crippen MR) is 98.0 cm³/mol. The average molecular weight is 353 g/mol. The second-order valence-corrected chi connectivity index (χ2v) is 5.81. The third-order valence-electron chi connectivity index (χ3n) is 4.53. The van der Waals surface area contributed by atoms with Crippen LogP contribution in [0.15, 0.2) is 30.6 Å². The SMILES string of the molecule is Cl.Cl.c1ccc2c(c1)CCN(c1ncnc3c1CCNCC3)C2.